The van der Waals surface area contributed by atoms with Gasteiger partial charge in [0.15, 0.2) is 0 Å². The second-order valence-electron chi connectivity index (χ2n) is 7.86. The first-order valence-electron chi connectivity index (χ1n) is 9.58. The largest absolute Gasteiger partial charge is 0.490 e. The van der Waals surface area contributed by atoms with Gasteiger partial charge in [-0.05, 0) is 39.3 Å². The molecule has 8 nitrogen and oxygen atoms in total. The van der Waals surface area contributed by atoms with Gasteiger partial charge in [0.2, 0.25) is 0 Å². The summed E-state index contributed by atoms with van der Waals surface area (Å²) in [7, 11) is 2.51. The molecule has 0 atom stereocenters. The van der Waals surface area contributed by atoms with Crippen LogP contribution in [-0.2, 0) is 20.6 Å². The lowest BCUT2D eigenvalue weighted by molar-refractivity contribution is 0.0359. The SMILES string of the molecule is CCc1c(O[C@H]2C[C@H](NC(=O)OC(C)(C)C)C2)ccc(C(=O)OC)c1C(=O)OC. The zero-order valence-corrected chi connectivity index (χ0v) is 17.8. The van der Waals surface area contributed by atoms with E-state index in [0.29, 0.717) is 30.6 Å². The van der Waals surface area contributed by atoms with E-state index in [9.17, 15) is 14.4 Å². The van der Waals surface area contributed by atoms with Crippen molar-refractivity contribution < 1.29 is 33.3 Å². The van der Waals surface area contributed by atoms with Crippen LogP contribution < -0.4 is 10.1 Å². The van der Waals surface area contributed by atoms with Crippen molar-refractivity contribution in [3.63, 3.8) is 0 Å². The lowest BCUT2D eigenvalue weighted by atomic mass is 9.89. The molecule has 29 heavy (non-hydrogen) atoms. The number of methoxy groups -OCH3 is 2. The van der Waals surface area contributed by atoms with Gasteiger partial charge in [-0.25, -0.2) is 14.4 Å². The van der Waals surface area contributed by atoms with E-state index in [-0.39, 0.29) is 23.3 Å². The van der Waals surface area contributed by atoms with Crippen LogP contribution in [0.1, 0.15) is 66.8 Å². The van der Waals surface area contributed by atoms with Gasteiger partial charge in [0.1, 0.15) is 17.5 Å². The van der Waals surface area contributed by atoms with E-state index in [1.54, 1.807) is 6.07 Å². The highest BCUT2D eigenvalue weighted by atomic mass is 16.6. The van der Waals surface area contributed by atoms with Gasteiger partial charge >= 0.3 is 18.0 Å². The van der Waals surface area contributed by atoms with Crippen LogP contribution >= 0.6 is 0 Å². The maximum Gasteiger partial charge on any atom is 0.407 e. The van der Waals surface area contributed by atoms with Gasteiger partial charge in [-0.15, -0.1) is 0 Å². The fraction of sp³-hybridized carbons (Fsp3) is 0.571. The first-order chi connectivity index (χ1) is 13.6. The van der Waals surface area contributed by atoms with Crippen LogP contribution in [0.25, 0.3) is 0 Å². The van der Waals surface area contributed by atoms with Crippen molar-refractivity contribution in [3.05, 3.63) is 28.8 Å². The summed E-state index contributed by atoms with van der Waals surface area (Å²) in [5.41, 5.74) is 0.331. The van der Waals surface area contributed by atoms with Crippen LogP contribution in [0.3, 0.4) is 0 Å². The van der Waals surface area contributed by atoms with Crippen molar-refractivity contribution in [1.29, 1.82) is 0 Å². The Morgan fingerprint density at radius 3 is 2.21 bits per heavy atom. The zero-order chi connectivity index (χ0) is 21.8. The fourth-order valence-electron chi connectivity index (χ4n) is 3.14. The minimum absolute atomic E-state index is 0.0330. The minimum Gasteiger partial charge on any atom is -0.490 e. The van der Waals surface area contributed by atoms with E-state index < -0.39 is 23.6 Å². The number of carbonyl (C=O) groups excluding carboxylic acids is 3. The Morgan fingerprint density at radius 1 is 1.07 bits per heavy atom. The highest BCUT2D eigenvalue weighted by Crippen LogP contribution is 2.32. The van der Waals surface area contributed by atoms with Crippen LogP contribution in [-0.4, -0.2) is 50.0 Å². The molecule has 1 aliphatic rings. The Kier molecular flexibility index (Phi) is 7.11. The number of rotatable bonds is 6. The van der Waals surface area contributed by atoms with Gasteiger partial charge in [-0.1, -0.05) is 6.92 Å². The summed E-state index contributed by atoms with van der Waals surface area (Å²) in [6.07, 6.45) is 1.14. The topological polar surface area (TPSA) is 100 Å². The van der Waals surface area contributed by atoms with Gasteiger partial charge in [0.25, 0.3) is 0 Å². The molecule has 1 saturated carbocycles. The summed E-state index contributed by atoms with van der Waals surface area (Å²) in [6, 6.07) is 3.13. The smallest absolute Gasteiger partial charge is 0.407 e. The van der Waals surface area contributed by atoms with Gasteiger partial charge in [0, 0.05) is 24.4 Å². The molecule has 0 aromatic heterocycles. The second kappa shape index (κ2) is 9.15. The number of benzene rings is 1. The monoisotopic (exact) mass is 407 g/mol. The van der Waals surface area contributed by atoms with Crippen molar-refractivity contribution in [2.24, 2.45) is 0 Å². The van der Waals surface area contributed by atoms with Gasteiger partial charge < -0.3 is 24.3 Å². The molecule has 0 unspecified atom stereocenters. The third kappa shape index (κ3) is 5.62. The average Bonchev–Trinajstić information content (AvgIpc) is 2.62. The van der Waals surface area contributed by atoms with Crippen molar-refractivity contribution in [2.75, 3.05) is 14.2 Å². The van der Waals surface area contributed by atoms with E-state index in [1.165, 1.54) is 20.3 Å². The van der Waals surface area contributed by atoms with E-state index in [1.807, 2.05) is 27.7 Å². The van der Waals surface area contributed by atoms with Gasteiger partial charge in [0.05, 0.1) is 25.3 Å². The Morgan fingerprint density at radius 2 is 1.69 bits per heavy atom. The lowest BCUT2D eigenvalue weighted by Crippen LogP contribution is -2.50. The predicted octanol–water partition coefficient (Wildman–Crippen LogP) is 3.26. The molecule has 0 radical (unpaired) electrons. The first-order valence-corrected chi connectivity index (χ1v) is 9.58. The summed E-state index contributed by atoms with van der Waals surface area (Å²) in [5, 5.41) is 2.81. The van der Waals surface area contributed by atoms with Crippen molar-refractivity contribution >= 4 is 18.0 Å². The Hall–Kier alpha value is -2.77. The standard InChI is InChI=1S/C21H29NO7/c1-7-14-16(9-8-15(18(23)26-5)17(14)19(24)27-6)28-13-10-12(11-13)22-20(25)29-21(2,3)4/h8-9,12-13H,7,10-11H2,1-6H3,(H,22,25)/t12-,13-. The molecular formula is C21H29NO7. The molecule has 0 saturated heterocycles. The highest BCUT2D eigenvalue weighted by molar-refractivity contribution is 6.04. The minimum atomic E-state index is -0.620. The Balaban J connectivity index is 2.10. The maximum absolute atomic E-state index is 12.3. The highest BCUT2D eigenvalue weighted by Gasteiger charge is 2.34. The third-order valence-electron chi connectivity index (χ3n) is 4.53. The van der Waals surface area contributed by atoms with Gasteiger partial charge in [-0.3, -0.25) is 0 Å². The molecule has 8 heteroatoms. The summed E-state index contributed by atoms with van der Waals surface area (Å²) in [6.45, 7) is 7.29. The Labute approximate surface area is 170 Å². The number of alkyl carbamates (subject to hydrolysis) is 1. The number of ether oxygens (including phenoxy) is 4. The number of amides is 1. The van der Waals surface area contributed by atoms with E-state index in [2.05, 4.69) is 5.32 Å². The number of carbonyl (C=O) groups is 3. The van der Waals surface area contributed by atoms with Crippen LogP contribution in [0.2, 0.25) is 0 Å². The number of hydrogen-bond donors (Lipinski definition) is 1. The summed E-state index contributed by atoms with van der Waals surface area (Å²) >= 11 is 0. The van der Waals surface area contributed by atoms with E-state index in [0.717, 1.165) is 0 Å². The fourth-order valence-corrected chi connectivity index (χ4v) is 3.14. The zero-order valence-electron chi connectivity index (χ0n) is 17.8. The molecule has 0 aliphatic heterocycles. The number of hydrogen-bond acceptors (Lipinski definition) is 7. The van der Waals surface area contributed by atoms with E-state index in [4.69, 9.17) is 18.9 Å². The molecule has 0 heterocycles. The molecule has 1 N–H and O–H groups in total. The predicted molar refractivity (Wildman–Crippen MR) is 105 cm³/mol. The van der Waals surface area contributed by atoms with Crippen molar-refractivity contribution in [3.8, 4) is 5.75 Å². The summed E-state index contributed by atoms with van der Waals surface area (Å²) < 4.78 is 20.9. The van der Waals surface area contributed by atoms with Crippen molar-refractivity contribution in [2.45, 2.75) is 64.7 Å². The number of nitrogens with one attached hydrogen (secondary N) is 1. The average molecular weight is 407 g/mol. The molecule has 1 aromatic rings. The molecule has 160 valence electrons. The van der Waals surface area contributed by atoms with Crippen molar-refractivity contribution in [1.82, 2.24) is 5.32 Å². The Bertz CT molecular complexity index is 776. The molecule has 1 fully saturated rings. The molecule has 1 aliphatic carbocycles. The molecule has 1 aromatic carbocycles. The number of esters is 2. The van der Waals surface area contributed by atoms with Crippen LogP contribution in [0.5, 0.6) is 5.75 Å². The summed E-state index contributed by atoms with van der Waals surface area (Å²) in [4.78, 5) is 36.2. The van der Waals surface area contributed by atoms with Crippen LogP contribution in [0.15, 0.2) is 12.1 Å². The molecule has 0 spiro atoms. The van der Waals surface area contributed by atoms with Gasteiger partial charge in [-0.2, -0.15) is 0 Å². The molecule has 1 amide bonds. The van der Waals surface area contributed by atoms with Crippen LogP contribution in [0.4, 0.5) is 4.79 Å². The molecule has 0 bridgehead atoms. The summed E-state index contributed by atoms with van der Waals surface area (Å²) in [5.74, 6) is -0.719. The van der Waals surface area contributed by atoms with Crippen LogP contribution in [0, 0.1) is 0 Å². The lowest BCUT2D eigenvalue weighted by Gasteiger charge is -2.36. The third-order valence-corrected chi connectivity index (χ3v) is 4.53. The first kappa shape index (κ1) is 22.5. The van der Waals surface area contributed by atoms with E-state index >= 15 is 0 Å². The molecular weight excluding hydrogens is 378 g/mol. The second-order valence-corrected chi connectivity index (χ2v) is 7.86. The normalized spacial score (nSPS) is 18.3. The maximum atomic E-state index is 12.3. The quantitative estimate of drug-likeness (QED) is 0.571. The molecule has 2 rings (SSSR count).